The van der Waals surface area contributed by atoms with E-state index >= 15 is 0 Å². The van der Waals surface area contributed by atoms with E-state index in [9.17, 15) is 4.79 Å². The number of ether oxygens (including phenoxy) is 3. The molecular formula is C14H18O4. The van der Waals surface area contributed by atoms with Gasteiger partial charge in [0.25, 0.3) is 0 Å². The van der Waals surface area contributed by atoms with Gasteiger partial charge in [-0.2, -0.15) is 0 Å². The second-order valence-corrected chi connectivity index (χ2v) is 4.78. The minimum atomic E-state index is -0.291. The highest BCUT2D eigenvalue weighted by atomic mass is 16.6. The minimum Gasteiger partial charge on any atom is -0.491 e. The first-order chi connectivity index (χ1) is 8.65. The van der Waals surface area contributed by atoms with Gasteiger partial charge >= 0.3 is 5.97 Å². The third-order valence-electron chi connectivity index (χ3n) is 2.48. The van der Waals surface area contributed by atoms with Crippen molar-refractivity contribution in [2.75, 3.05) is 19.8 Å². The Balaban J connectivity index is 1.83. The molecule has 0 N–H and O–H groups in total. The van der Waals surface area contributed by atoms with Gasteiger partial charge in [0.1, 0.15) is 18.5 Å². The fraction of sp³-hybridized carbons (Fsp3) is 0.500. The van der Waals surface area contributed by atoms with Gasteiger partial charge in [-0.25, -0.2) is 4.79 Å². The van der Waals surface area contributed by atoms with E-state index in [1.807, 2.05) is 13.8 Å². The topological polar surface area (TPSA) is 48.1 Å². The molecule has 2 rings (SSSR count). The maximum Gasteiger partial charge on any atom is 0.338 e. The number of esters is 1. The van der Waals surface area contributed by atoms with Crippen molar-refractivity contribution in [3.05, 3.63) is 29.8 Å². The fourth-order valence-corrected chi connectivity index (χ4v) is 1.37. The Labute approximate surface area is 107 Å². The number of carbonyl (C=O) groups excluding carboxylic acids is 1. The van der Waals surface area contributed by atoms with Crippen LogP contribution in [-0.4, -0.2) is 31.9 Å². The second-order valence-electron chi connectivity index (χ2n) is 4.78. The number of epoxide rings is 1. The van der Waals surface area contributed by atoms with Gasteiger partial charge in [0, 0.05) is 0 Å². The lowest BCUT2D eigenvalue weighted by molar-refractivity contribution is 0.0459. The summed E-state index contributed by atoms with van der Waals surface area (Å²) in [7, 11) is 0. The zero-order chi connectivity index (χ0) is 13.0. The minimum absolute atomic E-state index is 0.237. The predicted molar refractivity (Wildman–Crippen MR) is 66.8 cm³/mol. The van der Waals surface area contributed by atoms with Gasteiger partial charge in [-0.1, -0.05) is 13.8 Å². The van der Waals surface area contributed by atoms with Crippen LogP contribution >= 0.6 is 0 Å². The SMILES string of the molecule is CC(C)COC(=O)c1ccc(OCC2CO2)cc1. The summed E-state index contributed by atoms with van der Waals surface area (Å²) in [4.78, 5) is 11.7. The molecule has 0 spiro atoms. The van der Waals surface area contributed by atoms with Gasteiger partial charge in [-0.15, -0.1) is 0 Å². The number of hydrogen-bond acceptors (Lipinski definition) is 4. The van der Waals surface area contributed by atoms with E-state index in [4.69, 9.17) is 14.2 Å². The van der Waals surface area contributed by atoms with Gasteiger partial charge in [-0.3, -0.25) is 0 Å². The quantitative estimate of drug-likeness (QED) is 0.574. The molecule has 1 aliphatic rings. The van der Waals surface area contributed by atoms with E-state index in [0.717, 1.165) is 12.4 Å². The van der Waals surface area contributed by atoms with Crippen LogP contribution in [0, 0.1) is 5.92 Å². The molecule has 0 saturated carbocycles. The normalized spacial score (nSPS) is 17.6. The molecule has 1 saturated heterocycles. The molecule has 0 radical (unpaired) electrons. The molecule has 1 aromatic carbocycles. The summed E-state index contributed by atoms with van der Waals surface area (Å²) < 4.78 is 15.7. The van der Waals surface area contributed by atoms with Crippen LogP contribution in [0.4, 0.5) is 0 Å². The van der Waals surface area contributed by atoms with E-state index in [-0.39, 0.29) is 12.1 Å². The molecule has 1 aliphatic heterocycles. The Morgan fingerprint density at radius 2 is 2.06 bits per heavy atom. The molecule has 0 amide bonds. The molecule has 4 heteroatoms. The molecule has 0 aliphatic carbocycles. The van der Waals surface area contributed by atoms with E-state index < -0.39 is 0 Å². The molecule has 1 unspecified atom stereocenters. The van der Waals surface area contributed by atoms with Gasteiger partial charge < -0.3 is 14.2 Å². The molecule has 1 fully saturated rings. The smallest absolute Gasteiger partial charge is 0.338 e. The van der Waals surface area contributed by atoms with Gasteiger partial charge in [0.15, 0.2) is 0 Å². The van der Waals surface area contributed by atoms with Crippen LogP contribution in [0.5, 0.6) is 5.75 Å². The number of benzene rings is 1. The monoisotopic (exact) mass is 250 g/mol. The summed E-state index contributed by atoms with van der Waals surface area (Å²) in [6.45, 7) is 5.79. The Morgan fingerprint density at radius 1 is 1.39 bits per heavy atom. The third kappa shape index (κ3) is 4.04. The zero-order valence-electron chi connectivity index (χ0n) is 10.7. The zero-order valence-corrected chi connectivity index (χ0v) is 10.7. The van der Waals surface area contributed by atoms with Gasteiger partial charge in [0.05, 0.1) is 18.8 Å². The largest absolute Gasteiger partial charge is 0.491 e. The highest BCUT2D eigenvalue weighted by molar-refractivity contribution is 5.89. The Hall–Kier alpha value is -1.55. The van der Waals surface area contributed by atoms with Crippen molar-refractivity contribution in [3.63, 3.8) is 0 Å². The maximum atomic E-state index is 11.7. The lowest BCUT2D eigenvalue weighted by Gasteiger charge is -2.08. The van der Waals surface area contributed by atoms with Crippen LogP contribution in [0.3, 0.4) is 0 Å². The third-order valence-corrected chi connectivity index (χ3v) is 2.48. The number of rotatable bonds is 6. The summed E-state index contributed by atoms with van der Waals surface area (Å²) in [6, 6.07) is 6.97. The molecular weight excluding hydrogens is 232 g/mol. The standard InChI is InChI=1S/C14H18O4/c1-10(2)7-18-14(15)11-3-5-12(6-4-11)16-8-13-9-17-13/h3-6,10,13H,7-9H2,1-2H3. The van der Waals surface area contributed by atoms with E-state index in [2.05, 4.69) is 0 Å². The number of carbonyl (C=O) groups is 1. The molecule has 0 bridgehead atoms. The first-order valence-corrected chi connectivity index (χ1v) is 6.16. The maximum absolute atomic E-state index is 11.7. The van der Waals surface area contributed by atoms with Crippen molar-refractivity contribution < 1.29 is 19.0 Å². The molecule has 1 aromatic rings. The first-order valence-electron chi connectivity index (χ1n) is 6.16. The fourth-order valence-electron chi connectivity index (χ4n) is 1.37. The average molecular weight is 250 g/mol. The molecule has 4 nitrogen and oxygen atoms in total. The predicted octanol–water partition coefficient (Wildman–Crippen LogP) is 2.28. The van der Waals surface area contributed by atoms with Crippen LogP contribution in [0.15, 0.2) is 24.3 Å². The van der Waals surface area contributed by atoms with E-state index in [1.165, 1.54) is 0 Å². The van der Waals surface area contributed by atoms with Crippen molar-refractivity contribution in [2.45, 2.75) is 20.0 Å². The van der Waals surface area contributed by atoms with Crippen molar-refractivity contribution in [2.24, 2.45) is 5.92 Å². The summed E-state index contributed by atoms with van der Waals surface area (Å²) in [5, 5.41) is 0. The summed E-state index contributed by atoms with van der Waals surface area (Å²) >= 11 is 0. The van der Waals surface area contributed by atoms with Crippen LogP contribution < -0.4 is 4.74 Å². The molecule has 1 heterocycles. The van der Waals surface area contributed by atoms with Crippen molar-refractivity contribution in [3.8, 4) is 5.75 Å². The Morgan fingerprint density at radius 3 is 2.61 bits per heavy atom. The summed E-state index contributed by atoms with van der Waals surface area (Å²) in [6.07, 6.45) is 0.237. The van der Waals surface area contributed by atoms with Crippen LogP contribution in [-0.2, 0) is 9.47 Å². The first kappa shape index (κ1) is 12.9. The molecule has 0 aromatic heterocycles. The van der Waals surface area contributed by atoms with E-state index in [0.29, 0.717) is 24.7 Å². The van der Waals surface area contributed by atoms with Crippen LogP contribution in [0.25, 0.3) is 0 Å². The second kappa shape index (κ2) is 5.87. The number of hydrogen-bond donors (Lipinski definition) is 0. The lowest BCUT2D eigenvalue weighted by atomic mass is 10.2. The highest BCUT2D eigenvalue weighted by Gasteiger charge is 2.23. The molecule has 18 heavy (non-hydrogen) atoms. The molecule has 1 atom stereocenters. The Bertz CT molecular complexity index is 393. The van der Waals surface area contributed by atoms with Crippen molar-refractivity contribution >= 4 is 5.97 Å². The average Bonchev–Trinajstić information content (AvgIpc) is 3.18. The summed E-state index contributed by atoms with van der Waals surface area (Å²) in [5.74, 6) is 0.793. The van der Waals surface area contributed by atoms with Crippen molar-refractivity contribution in [1.29, 1.82) is 0 Å². The molecule has 98 valence electrons. The van der Waals surface area contributed by atoms with E-state index in [1.54, 1.807) is 24.3 Å². The van der Waals surface area contributed by atoms with Crippen LogP contribution in [0.1, 0.15) is 24.2 Å². The van der Waals surface area contributed by atoms with Crippen LogP contribution in [0.2, 0.25) is 0 Å². The van der Waals surface area contributed by atoms with Gasteiger partial charge in [-0.05, 0) is 30.2 Å². The summed E-state index contributed by atoms with van der Waals surface area (Å²) in [5.41, 5.74) is 0.547. The lowest BCUT2D eigenvalue weighted by Crippen LogP contribution is -2.10. The highest BCUT2D eigenvalue weighted by Crippen LogP contribution is 2.16. The van der Waals surface area contributed by atoms with Crippen molar-refractivity contribution in [1.82, 2.24) is 0 Å². The van der Waals surface area contributed by atoms with Gasteiger partial charge in [0.2, 0.25) is 0 Å². The Kier molecular flexibility index (Phi) is 4.20.